The molecule has 23 heavy (non-hydrogen) atoms. The second-order valence-electron chi connectivity index (χ2n) is 4.36. The molecule has 0 unspecified atom stereocenters. The first-order valence-electron chi connectivity index (χ1n) is 6.64. The molecule has 2 aromatic rings. The summed E-state index contributed by atoms with van der Waals surface area (Å²) in [5, 5.41) is 13.7. The smallest absolute Gasteiger partial charge is 0.234 e. The monoisotopic (exact) mass is 362 g/mol. The molecule has 2 rings (SSSR count). The largest absolute Gasteiger partial charge is 0.360 e. The van der Waals surface area contributed by atoms with E-state index < -0.39 is 29.0 Å². The van der Waals surface area contributed by atoms with Crippen molar-refractivity contribution in [3.05, 3.63) is 29.6 Å². The van der Waals surface area contributed by atoms with Crippen LogP contribution in [0, 0.1) is 17.5 Å². The topological polar surface area (TPSA) is 66.9 Å². The van der Waals surface area contributed by atoms with Crippen molar-refractivity contribution in [1.29, 1.82) is 0 Å². The zero-order chi connectivity index (χ0) is 16.8. The van der Waals surface area contributed by atoms with Gasteiger partial charge in [0.25, 0.3) is 0 Å². The fraction of sp³-hybridized carbons (Fsp3) is 0.308. The maximum absolute atomic E-state index is 13.4. The van der Waals surface area contributed by atoms with Crippen LogP contribution in [0.25, 0.3) is 0 Å². The van der Waals surface area contributed by atoms with Crippen LogP contribution in [0.1, 0.15) is 13.3 Å². The third-order valence-corrected chi connectivity index (χ3v) is 4.58. The number of anilines is 2. The van der Waals surface area contributed by atoms with Crippen LogP contribution in [0.4, 0.5) is 24.0 Å². The summed E-state index contributed by atoms with van der Waals surface area (Å²) in [6, 6.07) is 1.71. The highest BCUT2D eigenvalue weighted by molar-refractivity contribution is 8.01. The molecule has 1 aromatic heterocycles. The number of benzene rings is 1. The van der Waals surface area contributed by atoms with Gasteiger partial charge in [-0.3, -0.25) is 4.79 Å². The summed E-state index contributed by atoms with van der Waals surface area (Å²) >= 11 is 2.41. The van der Waals surface area contributed by atoms with Gasteiger partial charge in [0.2, 0.25) is 11.0 Å². The maximum Gasteiger partial charge on any atom is 0.234 e. The van der Waals surface area contributed by atoms with E-state index in [2.05, 4.69) is 20.8 Å². The summed E-state index contributed by atoms with van der Waals surface area (Å²) in [7, 11) is 0. The van der Waals surface area contributed by atoms with Crippen LogP contribution in [-0.2, 0) is 4.79 Å². The van der Waals surface area contributed by atoms with Gasteiger partial charge in [0.1, 0.15) is 0 Å². The van der Waals surface area contributed by atoms with Crippen molar-refractivity contribution in [1.82, 2.24) is 10.2 Å². The van der Waals surface area contributed by atoms with Gasteiger partial charge in [-0.1, -0.05) is 30.0 Å². The standard InChI is InChI=1S/C13H13F3N4OS2/c1-2-5-17-12-19-20-13(23-12)22-6-9(21)18-8-4-3-7(14)10(15)11(8)16/h3-4H,2,5-6H2,1H3,(H,17,19)(H,18,21). The highest BCUT2D eigenvalue weighted by Gasteiger charge is 2.15. The minimum atomic E-state index is -1.62. The van der Waals surface area contributed by atoms with Gasteiger partial charge < -0.3 is 10.6 Å². The molecule has 0 atom stereocenters. The van der Waals surface area contributed by atoms with Crippen molar-refractivity contribution in [2.75, 3.05) is 22.9 Å². The fourth-order valence-electron chi connectivity index (χ4n) is 1.51. The van der Waals surface area contributed by atoms with Crippen LogP contribution >= 0.6 is 23.1 Å². The van der Waals surface area contributed by atoms with Gasteiger partial charge in [-0.15, -0.1) is 10.2 Å². The molecule has 2 N–H and O–H groups in total. The van der Waals surface area contributed by atoms with Crippen molar-refractivity contribution in [2.45, 2.75) is 17.7 Å². The van der Waals surface area contributed by atoms with Crippen LogP contribution in [0.3, 0.4) is 0 Å². The molecule has 1 amide bonds. The normalized spacial score (nSPS) is 10.6. The average molecular weight is 362 g/mol. The van der Waals surface area contributed by atoms with Gasteiger partial charge in [-0.25, -0.2) is 13.2 Å². The first-order chi connectivity index (χ1) is 11.0. The number of hydrogen-bond acceptors (Lipinski definition) is 6. The first-order valence-corrected chi connectivity index (χ1v) is 8.45. The van der Waals surface area contributed by atoms with Gasteiger partial charge >= 0.3 is 0 Å². The number of amides is 1. The Morgan fingerprint density at radius 1 is 1.26 bits per heavy atom. The molecule has 0 saturated carbocycles. The second kappa shape index (κ2) is 8.16. The van der Waals surface area contributed by atoms with E-state index in [0.29, 0.717) is 9.47 Å². The Hall–Kier alpha value is -1.81. The number of carbonyl (C=O) groups is 1. The molecule has 5 nitrogen and oxygen atoms in total. The van der Waals surface area contributed by atoms with Crippen molar-refractivity contribution in [3.8, 4) is 0 Å². The van der Waals surface area contributed by atoms with Crippen molar-refractivity contribution in [3.63, 3.8) is 0 Å². The lowest BCUT2D eigenvalue weighted by Crippen LogP contribution is -2.15. The number of carbonyl (C=O) groups excluding carboxylic acids is 1. The fourth-order valence-corrected chi connectivity index (χ4v) is 3.08. The lowest BCUT2D eigenvalue weighted by Gasteiger charge is -2.06. The third-order valence-electron chi connectivity index (χ3n) is 2.57. The van der Waals surface area contributed by atoms with E-state index in [1.807, 2.05) is 6.92 Å². The molecule has 10 heteroatoms. The molecular weight excluding hydrogens is 349 g/mol. The van der Waals surface area contributed by atoms with E-state index in [1.54, 1.807) is 0 Å². The number of rotatable bonds is 7. The first kappa shape index (κ1) is 17.5. The van der Waals surface area contributed by atoms with Gasteiger partial charge in [0.05, 0.1) is 11.4 Å². The SMILES string of the molecule is CCCNc1nnc(SCC(=O)Nc2ccc(F)c(F)c2F)s1. The molecule has 0 aliphatic carbocycles. The Labute approximate surface area is 138 Å². The molecule has 0 saturated heterocycles. The van der Waals surface area contributed by atoms with Crippen LogP contribution in [0.5, 0.6) is 0 Å². The molecule has 0 bridgehead atoms. The van der Waals surface area contributed by atoms with Crippen LogP contribution in [0.15, 0.2) is 16.5 Å². The van der Waals surface area contributed by atoms with E-state index in [4.69, 9.17) is 0 Å². The summed E-state index contributed by atoms with van der Waals surface area (Å²) in [6.45, 7) is 2.79. The number of thioether (sulfide) groups is 1. The Kier molecular flexibility index (Phi) is 6.22. The van der Waals surface area contributed by atoms with E-state index in [0.717, 1.165) is 36.9 Å². The molecule has 0 fully saturated rings. The molecule has 1 heterocycles. The quantitative estimate of drug-likeness (QED) is 0.583. The molecular formula is C13H13F3N4OS2. The molecule has 0 spiro atoms. The molecule has 0 radical (unpaired) electrons. The highest BCUT2D eigenvalue weighted by Crippen LogP contribution is 2.26. The van der Waals surface area contributed by atoms with Crippen LogP contribution in [0.2, 0.25) is 0 Å². The zero-order valence-electron chi connectivity index (χ0n) is 12.0. The number of nitrogens with one attached hydrogen (secondary N) is 2. The molecule has 0 aliphatic heterocycles. The summed E-state index contributed by atoms with van der Waals surface area (Å²) in [5.74, 6) is -4.97. The molecule has 1 aromatic carbocycles. The minimum absolute atomic E-state index is 0.0547. The predicted octanol–water partition coefficient (Wildman–Crippen LogP) is 3.51. The Morgan fingerprint density at radius 3 is 2.78 bits per heavy atom. The zero-order valence-corrected chi connectivity index (χ0v) is 13.7. The lowest BCUT2D eigenvalue weighted by atomic mass is 10.3. The van der Waals surface area contributed by atoms with E-state index >= 15 is 0 Å². The average Bonchev–Trinajstić information content (AvgIpc) is 2.99. The number of aromatic nitrogens is 2. The summed E-state index contributed by atoms with van der Waals surface area (Å²) in [6.07, 6.45) is 0.949. The Bertz CT molecular complexity index is 696. The van der Waals surface area contributed by atoms with Gasteiger partial charge in [0.15, 0.2) is 21.8 Å². The molecule has 0 aliphatic rings. The summed E-state index contributed by atoms with van der Waals surface area (Å²) < 4.78 is 39.9. The van der Waals surface area contributed by atoms with Crippen molar-refractivity contribution < 1.29 is 18.0 Å². The van der Waals surface area contributed by atoms with Crippen molar-refractivity contribution >= 4 is 39.8 Å². The Balaban J connectivity index is 1.88. The number of hydrogen-bond donors (Lipinski definition) is 2. The van der Waals surface area contributed by atoms with Crippen LogP contribution < -0.4 is 10.6 Å². The van der Waals surface area contributed by atoms with Gasteiger partial charge in [0, 0.05) is 6.54 Å². The summed E-state index contributed by atoms with van der Waals surface area (Å²) in [5.41, 5.74) is -0.405. The van der Waals surface area contributed by atoms with E-state index in [9.17, 15) is 18.0 Å². The van der Waals surface area contributed by atoms with Gasteiger partial charge in [-0.05, 0) is 18.6 Å². The number of nitrogens with zero attached hydrogens (tertiary/aromatic N) is 2. The third kappa shape index (κ3) is 4.83. The highest BCUT2D eigenvalue weighted by atomic mass is 32.2. The maximum atomic E-state index is 13.4. The minimum Gasteiger partial charge on any atom is -0.360 e. The van der Waals surface area contributed by atoms with E-state index in [-0.39, 0.29) is 5.75 Å². The summed E-state index contributed by atoms with van der Waals surface area (Å²) in [4.78, 5) is 11.7. The van der Waals surface area contributed by atoms with Crippen LogP contribution in [-0.4, -0.2) is 28.4 Å². The van der Waals surface area contributed by atoms with Crippen molar-refractivity contribution in [2.24, 2.45) is 0 Å². The van der Waals surface area contributed by atoms with Gasteiger partial charge in [-0.2, -0.15) is 0 Å². The predicted molar refractivity (Wildman–Crippen MR) is 84.4 cm³/mol. The lowest BCUT2D eigenvalue weighted by molar-refractivity contribution is -0.113. The molecule has 124 valence electrons. The number of halogens is 3. The van der Waals surface area contributed by atoms with E-state index in [1.165, 1.54) is 11.3 Å². The Morgan fingerprint density at radius 2 is 2.04 bits per heavy atom. The second-order valence-corrected chi connectivity index (χ2v) is 6.56.